The van der Waals surface area contributed by atoms with Gasteiger partial charge in [-0.05, 0) is 24.3 Å². The number of rotatable bonds is 4. The molecule has 0 atom stereocenters. The summed E-state index contributed by atoms with van der Waals surface area (Å²) in [6.07, 6.45) is -4.76. The van der Waals surface area contributed by atoms with E-state index >= 15 is 0 Å². The van der Waals surface area contributed by atoms with Gasteiger partial charge >= 0.3 is 6.36 Å². The van der Waals surface area contributed by atoms with E-state index in [1.54, 1.807) is 24.3 Å². The van der Waals surface area contributed by atoms with Gasteiger partial charge in [-0.3, -0.25) is 4.79 Å². The maximum atomic E-state index is 12.4. The molecule has 3 aromatic rings. The van der Waals surface area contributed by atoms with Crippen LogP contribution in [0.4, 0.5) is 18.9 Å². The lowest BCUT2D eigenvalue weighted by Crippen LogP contribution is -2.18. The number of alkyl halides is 3. The van der Waals surface area contributed by atoms with Gasteiger partial charge in [0.1, 0.15) is 5.75 Å². The second-order valence-electron chi connectivity index (χ2n) is 5.11. The minimum atomic E-state index is -4.76. The van der Waals surface area contributed by atoms with Crippen LogP contribution in [0.15, 0.2) is 47.3 Å². The van der Waals surface area contributed by atoms with Crippen molar-refractivity contribution >= 4 is 28.1 Å². The summed E-state index contributed by atoms with van der Waals surface area (Å²) in [6, 6.07) is 10.6. The highest BCUT2D eigenvalue weighted by atomic mass is 35.5. The Labute approximate surface area is 144 Å². The van der Waals surface area contributed by atoms with E-state index in [9.17, 15) is 18.0 Å². The Morgan fingerprint density at radius 3 is 2.68 bits per heavy atom. The normalized spacial score (nSPS) is 11.5. The third kappa shape index (κ3) is 4.03. The summed E-state index contributed by atoms with van der Waals surface area (Å²) in [5.74, 6) is -0.278. The molecule has 130 valence electrons. The first kappa shape index (κ1) is 17.1. The number of nitrogens with one attached hydrogen (secondary N) is 2. The second kappa shape index (κ2) is 6.64. The molecular weight excluding hydrogens is 359 g/mol. The first-order valence-corrected chi connectivity index (χ1v) is 7.47. The van der Waals surface area contributed by atoms with Gasteiger partial charge in [0.05, 0.1) is 5.39 Å². The summed E-state index contributed by atoms with van der Waals surface area (Å²) in [5.41, 5.74) is 0.522. The van der Waals surface area contributed by atoms with E-state index in [1.165, 1.54) is 18.2 Å². The number of halogens is 4. The Kier molecular flexibility index (Phi) is 4.54. The number of fused-ring (bicyclic) bond motifs is 1. The molecule has 1 aromatic heterocycles. The van der Waals surface area contributed by atoms with Crippen LogP contribution in [0, 0.1) is 0 Å². The van der Waals surface area contributed by atoms with E-state index in [-0.39, 0.29) is 23.0 Å². The van der Waals surface area contributed by atoms with Crippen LogP contribution in [0.1, 0.15) is 5.56 Å². The number of nitrogens with zero attached hydrogens (tertiary/aromatic N) is 1. The number of hydrogen-bond acceptors (Lipinski definition) is 4. The Bertz CT molecular complexity index is 973. The lowest BCUT2D eigenvalue weighted by Gasteiger charge is -2.14. The van der Waals surface area contributed by atoms with Crippen LogP contribution in [0.2, 0.25) is 5.15 Å². The molecule has 1 heterocycles. The zero-order chi connectivity index (χ0) is 18.0. The molecule has 25 heavy (non-hydrogen) atoms. The first-order chi connectivity index (χ1) is 11.8. The van der Waals surface area contributed by atoms with Gasteiger partial charge in [0.15, 0.2) is 5.15 Å². The first-order valence-electron chi connectivity index (χ1n) is 7.09. The van der Waals surface area contributed by atoms with Crippen molar-refractivity contribution in [3.8, 4) is 5.75 Å². The molecule has 0 saturated heterocycles. The number of benzene rings is 2. The summed E-state index contributed by atoms with van der Waals surface area (Å²) in [6.45, 7) is 0.0893. The van der Waals surface area contributed by atoms with Crippen LogP contribution in [-0.4, -0.2) is 16.6 Å². The zero-order valence-electron chi connectivity index (χ0n) is 12.5. The fraction of sp³-hybridized carbons (Fsp3) is 0.125. The van der Waals surface area contributed by atoms with Crippen molar-refractivity contribution in [1.82, 2.24) is 10.2 Å². The Balaban J connectivity index is 1.84. The third-order valence-electron chi connectivity index (χ3n) is 3.42. The molecule has 0 unspecified atom stereocenters. The van der Waals surface area contributed by atoms with Crippen molar-refractivity contribution < 1.29 is 17.9 Å². The molecule has 5 nitrogen and oxygen atoms in total. The molecule has 0 fully saturated rings. The van der Waals surface area contributed by atoms with Crippen LogP contribution in [0.5, 0.6) is 5.75 Å². The molecule has 0 spiro atoms. The van der Waals surface area contributed by atoms with E-state index < -0.39 is 6.36 Å². The van der Waals surface area contributed by atoms with Gasteiger partial charge in [0, 0.05) is 23.2 Å². The van der Waals surface area contributed by atoms with Gasteiger partial charge in [-0.25, -0.2) is 5.10 Å². The zero-order valence-corrected chi connectivity index (χ0v) is 13.3. The maximum Gasteiger partial charge on any atom is 0.573 e. The molecule has 0 bridgehead atoms. The van der Waals surface area contributed by atoms with Crippen LogP contribution < -0.4 is 15.6 Å². The average molecular weight is 370 g/mol. The van der Waals surface area contributed by atoms with Gasteiger partial charge in [0.2, 0.25) is 0 Å². The van der Waals surface area contributed by atoms with Crippen molar-refractivity contribution in [2.75, 3.05) is 5.32 Å². The number of aromatic amines is 1. The van der Waals surface area contributed by atoms with Gasteiger partial charge in [-0.2, -0.15) is 5.10 Å². The van der Waals surface area contributed by atoms with Gasteiger partial charge in [-0.1, -0.05) is 29.8 Å². The van der Waals surface area contributed by atoms with Crippen LogP contribution >= 0.6 is 11.6 Å². The maximum absolute atomic E-state index is 12.4. The monoisotopic (exact) mass is 369 g/mol. The summed E-state index contributed by atoms with van der Waals surface area (Å²) in [5, 5.41) is 9.85. The lowest BCUT2D eigenvalue weighted by atomic mass is 10.1. The van der Waals surface area contributed by atoms with Crippen molar-refractivity contribution in [3.63, 3.8) is 0 Å². The van der Waals surface area contributed by atoms with E-state index in [2.05, 4.69) is 20.3 Å². The largest absolute Gasteiger partial charge is 0.573 e. The standard InChI is InChI=1S/C16H11ClF3N3O2/c17-14-12-7-10(5-6-11(12)15(24)23-22-14)21-8-9-3-1-2-4-13(9)25-16(18,19)20/h1-7,21H,8H2,(H,23,24). The predicted molar refractivity (Wildman–Crippen MR) is 87.8 cm³/mol. The predicted octanol–water partition coefficient (Wildman–Crippen LogP) is 4.09. The van der Waals surface area contributed by atoms with Gasteiger partial charge in [0.25, 0.3) is 5.56 Å². The van der Waals surface area contributed by atoms with Crippen molar-refractivity contribution in [3.05, 3.63) is 63.5 Å². The van der Waals surface area contributed by atoms with E-state index in [0.29, 0.717) is 22.0 Å². The summed E-state index contributed by atoms with van der Waals surface area (Å²) < 4.78 is 41.3. The van der Waals surface area contributed by atoms with E-state index in [1.807, 2.05) is 0 Å². The minimum Gasteiger partial charge on any atom is -0.405 e. The van der Waals surface area contributed by atoms with Crippen molar-refractivity contribution in [1.29, 1.82) is 0 Å². The quantitative estimate of drug-likeness (QED) is 0.727. The molecule has 0 radical (unpaired) electrons. The summed E-state index contributed by atoms with van der Waals surface area (Å²) in [4.78, 5) is 11.7. The Morgan fingerprint density at radius 2 is 1.92 bits per heavy atom. The topological polar surface area (TPSA) is 67.0 Å². The van der Waals surface area contributed by atoms with E-state index in [0.717, 1.165) is 0 Å². The number of H-pyrrole nitrogens is 1. The molecule has 3 rings (SSSR count). The Hall–Kier alpha value is -2.74. The molecule has 9 heteroatoms. The van der Waals surface area contributed by atoms with Gasteiger partial charge < -0.3 is 10.1 Å². The highest BCUT2D eigenvalue weighted by Gasteiger charge is 2.31. The summed E-state index contributed by atoms with van der Waals surface area (Å²) in [7, 11) is 0. The number of anilines is 1. The number of para-hydroxylation sites is 1. The molecular formula is C16H11ClF3N3O2. The lowest BCUT2D eigenvalue weighted by molar-refractivity contribution is -0.274. The van der Waals surface area contributed by atoms with Crippen LogP contribution in [-0.2, 0) is 6.54 Å². The molecule has 0 aliphatic rings. The smallest absolute Gasteiger partial charge is 0.405 e. The fourth-order valence-electron chi connectivity index (χ4n) is 2.31. The third-order valence-corrected chi connectivity index (χ3v) is 3.71. The van der Waals surface area contributed by atoms with Crippen molar-refractivity contribution in [2.45, 2.75) is 12.9 Å². The fourth-order valence-corrected chi connectivity index (χ4v) is 2.51. The van der Waals surface area contributed by atoms with Crippen molar-refractivity contribution in [2.24, 2.45) is 0 Å². The minimum absolute atomic E-state index is 0.0893. The highest BCUT2D eigenvalue weighted by Crippen LogP contribution is 2.27. The molecule has 0 aliphatic heterocycles. The molecule has 0 amide bonds. The van der Waals surface area contributed by atoms with Crippen LogP contribution in [0.3, 0.4) is 0 Å². The van der Waals surface area contributed by atoms with E-state index in [4.69, 9.17) is 11.6 Å². The molecule has 0 aliphatic carbocycles. The average Bonchev–Trinajstić information content (AvgIpc) is 2.56. The summed E-state index contributed by atoms with van der Waals surface area (Å²) >= 11 is 5.96. The molecule has 2 N–H and O–H groups in total. The number of ether oxygens (including phenoxy) is 1. The molecule has 0 saturated carbocycles. The number of aromatic nitrogens is 2. The second-order valence-corrected chi connectivity index (χ2v) is 5.47. The number of hydrogen-bond donors (Lipinski definition) is 2. The molecule has 2 aromatic carbocycles. The van der Waals surface area contributed by atoms with Gasteiger partial charge in [-0.15, -0.1) is 13.2 Å². The van der Waals surface area contributed by atoms with Crippen LogP contribution in [0.25, 0.3) is 10.8 Å². The highest BCUT2D eigenvalue weighted by molar-refractivity contribution is 6.34. The Morgan fingerprint density at radius 1 is 1.16 bits per heavy atom. The SMILES string of the molecule is O=c1[nH]nc(Cl)c2cc(NCc3ccccc3OC(F)(F)F)ccc12.